The molecule has 7 aromatic rings. The standard InChI is InChI=1S/C36H29ClN4/c1-5-40-28-17-10-9-14-25(28)31-30-24-19-18-21(36(2,3)4)20-26(24)23-15-11-16-27(37)29(23)33-32(30)35(38-34(31)40)41(39-33)22-12-7-6-8-13-22/h6-20H,5H2,1-4H3. The molecule has 3 aromatic heterocycles. The quantitative estimate of drug-likeness (QED) is 0.214. The Morgan fingerprint density at radius 2 is 1.51 bits per heavy atom. The molecule has 41 heavy (non-hydrogen) atoms. The molecule has 0 bridgehead atoms. The van der Waals surface area contributed by atoms with Crippen LogP contribution in [0.2, 0.25) is 5.02 Å². The van der Waals surface area contributed by atoms with E-state index in [2.05, 4.69) is 92.9 Å². The molecule has 0 atom stereocenters. The molecule has 0 aliphatic heterocycles. The third kappa shape index (κ3) is 3.34. The molecule has 0 unspecified atom stereocenters. The van der Waals surface area contributed by atoms with Crippen LogP contribution in [0.5, 0.6) is 0 Å². The molecule has 3 heterocycles. The zero-order valence-electron chi connectivity index (χ0n) is 23.5. The van der Waals surface area contributed by atoms with Gasteiger partial charge in [0, 0.05) is 28.4 Å². The second-order valence-corrected chi connectivity index (χ2v) is 12.3. The van der Waals surface area contributed by atoms with Gasteiger partial charge in [-0.3, -0.25) is 0 Å². The first-order valence-corrected chi connectivity index (χ1v) is 14.6. The third-order valence-corrected chi connectivity index (χ3v) is 8.84. The SMILES string of the molecule is CCn1c2ccccc2c2c3c4c(nn(-c5ccccc5)c4nc21)-c1c(Cl)cccc1-c1cc(C(C)(C)C)ccc1-3. The summed E-state index contributed by atoms with van der Waals surface area (Å²) >= 11 is 7.08. The Bertz CT molecular complexity index is 2180. The van der Waals surface area contributed by atoms with Crippen LogP contribution in [0.1, 0.15) is 33.3 Å². The summed E-state index contributed by atoms with van der Waals surface area (Å²) in [6.07, 6.45) is 0. The number of benzene rings is 4. The maximum Gasteiger partial charge on any atom is 0.166 e. The number of fused-ring (bicyclic) bond motifs is 9. The predicted molar refractivity (Wildman–Crippen MR) is 171 cm³/mol. The summed E-state index contributed by atoms with van der Waals surface area (Å²) in [6, 6.07) is 32.1. The van der Waals surface area contributed by atoms with Crippen LogP contribution in [0, 0.1) is 0 Å². The van der Waals surface area contributed by atoms with Gasteiger partial charge in [0.05, 0.1) is 21.6 Å². The fraction of sp³-hybridized carbons (Fsp3) is 0.167. The fourth-order valence-electron chi connectivity index (χ4n) is 6.58. The summed E-state index contributed by atoms with van der Waals surface area (Å²) in [5, 5.41) is 9.40. The van der Waals surface area contributed by atoms with Crippen molar-refractivity contribution in [2.24, 2.45) is 0 Å². The molecule has 1 aliphatic rings. The van der Waals surface area contributed by atoms with Crippen LogP contribution in [0.15, 0.2) is 91.0 Å². The number of halogens is 1. The van der Waals surface area contributed by atoms with E-state index < -0.39 is 0 Å². The number of hydrogen-bond acceptors (Lipinski definition) is 2. The van der Waals surface area contributed by atoms with Gasteiger partial charge in [0.25, 0.3) is 0 Å². The zero-order chi connectivity index (χ0) is 28.0. The molecule has 4 aromatic carbocycles. The average molecular weight is 553 g/mol. The van der Waals surface area contributed by atoms with Gasteiger partial charge >= 0.3 is 0 Å². The van der Waals surface area contributed by atoms with Crippen LogP contribution >= 0.6 is 11.6 Å². The number of hydrogen-bond donors (Lipinski definition) is 0. The van der Waals surface area contributed by atoms with Gasteiger partial charge < -0.3 is 4.57 Å². The zero-order valence-corrected chi connectivity index (χ0v) is 24.3. The van der Waals surface area contributed by atoms with Gasteiger partial charge in [0.2, 0.25) is 0 Å². The van der Waals surface area contributed by atoms with Gasteiger partial charge in [-0.2, -0.15) is 5.10 Å². The highest BCUT2D eigenvalue weighted by Gasteiger charge is 2.32. The highest BCUT2D eigenvalue weighted by Crippen LogP contribution is 2.53. The van der Waals surface area contributed by atoms with Crippen molar-refractivity contribution in [3.8, 4) is 39.2 Å². The monoisotopic (exact) mass is 552 g/mol. The van der Waals surface area contributed by atoms with Crippen LogP contribution in [0.25, 0.3) is 72.2 Å². The van der Waals surface area contributed by atoms with Gasteiger partial charge in [-0.15, -0.1) is 0 Å². The van der Waals surface area contributed by atoms with E-state index in [1.54, 1.807) is 0 Å². The van der Waals surface area contributed by atoms with Crippen molar-refractivity contribution >= 4 is 44.6 Å². The minimum atomic E-state index is -0.00202. The maximum absolute atomic E-state index is 7.08. The summed E-state index contributed by atoms with van der Waals surface area (Å²) in [4.78, 5) is 5.42. The van der Waals surface area contributed by atoms with Gasteiger partial charge in [-0.05, 0) is 64.9 Å². The Morgan fingerprint density at radius 3 is 2.29 bits per heavy atom. The average Bonchev–Trinajstić information content (AvgIpc) is 3.47. The first-order chi connectivity index (χ1) is 19.9. The van der Waals surface area contributed by atoms with Crippen molar-refractivity contribution in [2.75, 3.05) is 0 Å². The van der Waals surface area contributed by atoms with Crippen molar-refractivity contribution in [3.63, 3.8) is 0 Å². The molecular formula is C36H29ClN4. The van der Waals surface area contributed by atoms with Crippen LogP contribution in [0.3, 0.4) is 0 Å². The largest absolute Gasteiger partial charge is 0.325 e. The van der Waals surface area contributed by atoms with E-state index in [0.717, 1.165) is 51.1 Å². The van der Waals surface area contributed by atoms with Crippen molar-refractivity contribution in [3.05, 3.63) is 102 Å². The lowest BCUT2D eigenvalue weighted by molar-refractivity contribution is 0.590. The molecule has 0 radical (unpaired) electrons. The van der Waals surface area contributed by atoms with Gasteiger partial charge in [0.1, 0.15) is 11.3 Å². The summed E-state index contributed by atoms with van der Waals surface area (Å²) < 4.78 is 4.32. The molecule has 0 N–H and O–H groups in total. The molecule has 0 spiro atoms. The first-order valence-electron chi connectivity index (χ1n) is 14.2. The fourth-order valence-corrected chi connectivity index (χ4v) is 6.84. The summed E-state index contributed by atoms with van der Waals surface area (Å²) in [7, 11) is 0. The van der Waals surface area contributed by atoms with Crippen LogP contribution in [-0.2, 0) is 12.0 Å². The summed E-state index contributed by atoms with van der Waals surface area (Å²) in [5.74, 6) is 0. The van der Waals surface area contributed by atoms with Gasteiger partial charge in [0.15, 0.2) is 5.65 Å². The Labute approximate surface area is 243 Å². The van der Waals surface area contributed by atoms with Crippen LogP contribution in [0.4, 0.5) is 0 Å². The Balaban J connectivity index is 1.67. The van der Waals surface area contributed by atoms with Crippen LogP contribution in [-0.4, -0.2) is 19.3 Å². The van der Waals surface area contributed by atoms with Gasteiger partial charge in [-0.1, -0.05) is 93.0 Å². The molecule has 0 saturated carbocycles. The minimum absolute atomic E-state index is 0.00202. The number of aryl methyl sites for hydroxylation is 1. The number of pyridine rings is 1. The molecule has 200 valence electrons. The molecule has 0 saturated heterocycles. The predicted octanol–water partition coefficient (Wildman–Crippen LogP) is 9.81. The van der Waals surface area contributed by atoms with E-state index >= 15 is 0 Å². The topological polar surface area (TPSA) is 35.6 Å². The molecule has 0 fully saturated rings. The third-order valence-electron chi connectivity index (χ3n) is 8.53. The highest BCUT2D eigenvalue weighted by atomic mass is 35.5. The van der Waals surface area contributed by atoms with E-state index in [1.807, 2.05) is 35.0 Å². The Hall–Kier alpha value is -4.41. The van der Waals surface area contributed by atoms with Crippen molar-refractivity contribution in [2.45, 2.75) is 39.7 Å². The smallest absolute Gasteiger partial charge is 0.166 e. The molecule has 0 amide bonds. The van der Waals surface area contributed by atoms with Crippen molar-refractivity contribution in [1.82, 2.24) is 19.3 Å². The Morgan fingerprint density at radius 1 is 0.732 bits per heavy atom. The summed E-state index contributed by atoms with van der Waals surface area (Å²) in [5.41, 5.74) is 11.7. The van der Waals surface area contributed by atoms with Gasteiger partial charge in [-0.25, -0.2) is 9.67 Å². The molecule has 8 rings (SSSR count). The molecule has 5 heteroatoms. The van der Waals surface area contributed by atoms with E-state index in [0.29, 0.717) is 5.02 Å². The number of aromatic nitrogens is 4. The number of rotatable bonds is 2. The molecular weight excluding hydrogens is 524 g/mol. The number of nitrogens with zero attached hydrogens (tertiary/aromatic N) is 4. The highest BCUT2D eigenvalue weighted by molar-refractivity contribution is 6.35. The Kier molecular flexibility index (Phi) is 5.08. The molecule has 1 aliphatic carbocycles. The second kappa shape index (κ2) is 8.55. The minimum Gasteiger partial charge on any atom is -0.325 e. The second-order valence-electron chi connectivity index (χ2n) is 11.9. The lowest BCUT2D eigenvalue weighted by atomic mass is 9.82. The molecule has 4 nitrogen and oxygen atoms in total. The lowest BCUT2D eigenvalue weighted by Crippen LogP contribution is -2.11. The summed E-state index contributed by atoms with van der Waals surface area (Å²) in [6.45, 7) is 9.80. The number of para-hydroxylation sites is 2. The van der Waals surface area contributed by atoms with E-state index in [4.69, 9.17) is 21.7 Å². The van der Waals surface area contributed by atoms with Crippen LogP contribution < -0.4 is 0 Å². The van der Waals surface area contributed by atoms with E-state index in [-0.39, 0.29) is 5.41 Å². The van der Waals surface area contributed by atoms with E-state index in [9.17, 15) is 0 Å². The maximum atomic E-state index is 7.08. The normalized spacial score (nSPS) is 12.6. The first kappa shape index (κ1) is 24.4. The van der Waals surface area contributed by atoms with Crippen molar-refractivity contribution < 1.29 is 0 Å². The van der Waals surface area contributed by atoms with Crippen molar-refractivity contribution in [1.29, 1.82) is 0 Å². The lowest BCUT2D eigenvalue weighted by Gasteiger charge is -2.22. The van der Waals surface area contributed by atoms with E-state index in [1.165, 1.54) is 33.2 Å².